The summed E-state index contributed by atoms with van der Waals surface area (Å²) in [5.74, 6) is 0. The van der Waals surface area contributed by atoms with Crippen LogP contribution in [0.25, 0.3) is 0 Å². The third-order valence-corrected chi connectivity index (χ3v) is 4.80. The predicted octanol–water partition coefficient (Wildman–Crippen LogP) is -1.62. The first kappa shape index (κ1) is 11.3. The molecule has 0 bridgehead atoms. The van der Waals surface area contributed by atoms with Gasteiger partial charge in [0.1, 0.15) is 0 Å². The van der Waals surface area contributed by atoms with Crippen molar-refractivity contribution >= 4 is 15.2 Å². The van der Waals surface area contributed by atoms with Gasteiger partial charge in [-0.25, -0.2) is 0 Å². The van der Waals surface area contributed by atoms with Crippen LogP contribution < -0.4 is 4.89 Å². The lowest BCUT2D eigenvalue weighted by Gasteiger charge is -2.32. The van der Waals surface area contributed by atoms with Crippen molar-refractivity contribution in [1.29, 1.82) is 0 Å². The fraction of sp³-hybridized carbons (Fsp3) is 1.00. The molecule has 0 aliphatic heterocycles. The Labute approximate surface area is 62.0 Å². The first-order valence-corrected chi connectivity index (χ1v) is 5.51. The maximum atomic E-state index is 10.2. The van der Waals surface area contributed by atoms with E-state index in [0.717, 1.165) is 0 Å². The van der Waals surface area contributed by atoms with Crippen LogP contribution in [0.5, 0.6) is 0 Å². The van der Waals surface area contributed by atoms with Crippen LogP contribution in [0.15, 0.2) is 0 Å². The van der Waals surface area contributed by atoms with Gasteiger partial charge in [0.2, 0.25) is 5.08 Å². The van der Waals surface area contributed by atoms with Crippen LogP contribution in [-0.4, -0.2) is 24.9 Å². The molecule has 0 aliphatic carbocycles. The molecule has 7 nitrogen and oxygen atoms in total. The summed E-state index contributed by atoms with van der Waals surface area (Å²) in [6.45, 7) is 0.321. The molecule has 0 amide bonds. The van der Waals surface area contributed by atoms with Crippen molar-refractivity contribution in [2.75, 3.05) is 0 Å². The molecule has 0 heterocycles. The monoisotopic (exact) mass is 205 g/mol. The Morgan fingerprint density at radius 2 is 1.55 bits per heavy atom. The van der Waals surface area contributed by atoms with Gasteiger partial charge >= 0.3 is 7.60 Å². The van der Waals surface area contributed by atoms with E-state index in [4.69, 9.17) is 19.8 Å². The van der Waals surface area contributed by atoms with Crippen molar-refractivity contribution in [3.63, 3.8) is 0 Å². The van der Waals surface area contributed by atoms with Crippen LogP contribution in [0.4, 0.5) is 0 Å². The molecule has 11 heavy (non-hydrogen) atoms. The third-order valence-electron chi connectivity index (χ3n) is 1.09. The first-order valence-electron chi connectivity index (χ1n) is 2.32. The van der Waals surface area contributed by atoms with Crippen LogP contribution in [0, 0.1) is 0 Å². The van der Waals surface area contributed by atoms with E-state index in [-0.39, 0.29) is 0 Å². The fourth-order valence-corrected chi connectivity index (χ4v) is 1.48. The van der Waals surface area contributed by atoms with E-state index in [9.17, 15) is 14.0 Å². The second-order valence-electron chi connectivity index (χ2n) is 2.04. The van der Waals surface area contributed by atoms with Crippen LogP contribution in [0.1, 0.15) is 6.92 Å². The summed E-state index contributed by atoms with van der Waals surface area (Å²) in [5.41, 5.74) is 0. The molecule has 0 saturated heterocycles. The zero-order chi connectivity index (χ0) is 9.50. The van der Waals surface area contributed by atoms with Crippen molar-refractivity contribution in [1.82, 2.24) is 0 Å². The Balaban J connectivity index is 5.08. The van der Waals surface area contributed by atoms with Crippen molar-refractivity contribution in [3.05, 3.63) is 0 Å². The molecule has 0 aliphatic rings. The maximum Gasteiger partial charge on any atom is 0.365 e. The summed E-state index contributed by atoms with van der Waals surface area (Å²) >= 11 is 0. The lowest BCUT2D eigenvalue weighted by Crippen LogP contribution is -2.29. The highest BCUT2D eigenvalue weighted by Gasteiger charge is 2.48. The van der Waals surface area contributed by atoms with Crippen molar-refractivity contribution in [3.8, 4) is 0 Å². The standard InChI is InChI=1S/C2H8O7P2/c1-2(3,10(4,5)6)11(7,8)9/h3H,1H3,(H2,4,5,6)(H2,7,8,9)/p-1. The van der Waals surface area contributed by atoms with Crippen LogP contribution >= 0.6 is 15.2 Å². The Bertz CT molecular complexity index is 207. The Morgan fingerprint density at radius 1 is 1.27 bits per heavy atom. The van der Waals surface area contributed by atoms with Gasteiger partial charge in [-0.15, -0.1) is 0 Å². The summed E-state index contributed by atoms with van der Waals surface area (Å²) in [4.78, 5) is 34.7. The molecular formula is C2H7O7P2-. The van der Waals surface area contributed by atoms with E-state index in [0.29, 0.717) is 6.92 Å². The highest BCUT2D eigenvalue weighted by Crippen LogP contribution is 2.64. The minimum absolute atomic E-state index is 0.321. The highest BCUT2D eigenvalue weighted by atomic mass is 31.2. The zero-order valence-corrected chi connectivity index (χ0v) is 7.20. The molecule has 9 heteroatoms. The van der Waals surface area contributed by atoms with Gasteiger partial charge in [0.15, 0.2) is 7.60 Å². The van der Waals surface area contributed by atoms with Gasteiger partial charge in [-0.2, -0.15) is 0 Å². The minimum atomic E-state index is -5.45. The van der Waals surface area contributed by atoms with Gasteiger partial charge in [-0.1, -0.05) is 0 Å². The molecule has 4 N–H and O–H groups in total. The van der Waals surface area contributed by atoms with E-state index in [2.05, 4.69) is 0 Å². The third kappa shape index (κ3) is 2.10. The van der Waals surface area contributed by atoms with Gasteiger partial charge in [0.25, 0.3) is 0 Å². The quantitative estimate of drug-likeness (QED) is 0.397. The second kappa shape index (κ2) is 2.64. The molecule has 0 rings (SSSR count). The number of hydrogen-bond donors (Lipinski definition) is 4. The second-order valence-corrected chi connectivity index (χ2v) is 6.26. The average Bonchev–Trinajstić information content (AvgIpc) is 1.58. The molecule has 0 spiro atoms. The van der Waals surface area contributed by atoms with E-state index < -0.39 is 20.3 Å². The molecular weight excluding hydrogens is 198 g/mol. The number of aliphatic hydroxyl groups is 1. The van der Waals surface area contributed by atoms with E-state index >= 15 is 0 Å². The first-order chi connectivity index (χ1) is 4.50. The lowest BCUT2D eigenvalue weighted by atomic mass is 10.9. The summed E-state index contributed by atoms with van der Waals surface area (Å²) in [6, 6.07) is 0. The molecule has 68 valence electrons. The molecule has 0 aromatic heterocycles. The molecule has 2 atom stereocenters. The Morgan fingerprint density at radius 3 is 1.55 bits per heavy atom. The van der Waals surface area contributed by atoms with Gasteiger partial charge < -0.3 is 29.2 Å². The molecule has 0 radical (unpaired) electrons. The zero-order valence-electron chi connectivity index (χ0n) is 5.41. The van der Waals surface area contributed by atoms with E-state index in [1.165, 1.54) is 0 Å². The maximum absolute atomic E-state index is 10.2. The lowest BCUT2D eigenvalue weighted by molar-refractivity contribution is -0.205. The SMILES string of the molecule is CC(O)(P(=O)([O-])O)P(=O)(O)O. The normalized spacial score (nSPS) is 23.8. The summed E-state index contributed by atoms with van der Waals surface area (Å²) in [6.07, 6.45) is 0. The predicted molar refractivity (Wildman–Crippen MR) is 32.5 cm³/mol. The summed E-state index contributed by atoms with van der Waals surface area (Å²) in [7, 11) is -10.7. The topological polar surface area (TPSA) is 138 Å². The van der Waals surface area contributed by atoms with E-state index in [1.54, 1.807) is 0 Å². The van der Waals surface area contributed by atoms with Gasteiger partial charge in [-0.3, -0.25) is 4.57 Å². The van der Waals surface area contributed by atoms with Crippen LogP contribution in [-0.2, 0) is 9.13 Å². The van der Waals surface area contributed by atoms with E-state index in [1.807, 2.05) is 0 Å². The molecule has 0 fully saturated rings. The van der Waals surface area contributed by atoms with Crippen molar-refractivity contribution < 1.29 is 33.8 Å². The van der Waals surface area contributed by atoms with Crippen molar-refractivity contribution in [2.45, 2.75) is 12.0 Å². The average molecular weight is 205 g/mol. The smallest absolute Gasteiger partial charge is 0.365 e. The molecule has 0 aromatic rings. The fourth-order valence-electron chi connectivity index (χ4n) is 0.165. The molecule has 0 saturated carbocycles. The number of hydrogen-bond acceptors (Lipinski definition) is 4. The largest absolute Gasteiger partial charge is 0.776 e. The van der Waals surface area contributed by atoms with Crippen molar-refractivity contribution in [2.24, 2.45) is 0 Å². The van der Waals surface area contributed by atoms with Gasteiger partial charge in [0, 0.05) is 0 Å². The Kier molecular flexibility index (Phi) is 2.70. The number of rotatable bonds is 2. The molecule has 0 aromatic carbocycles. The van der Waals surface area contributed by atoms with Gasteiger partial charge in [-0.05, 0) is 6.92 Å². The molecule has 2 unspecified atom stereocenters. The van der Waals surface area contributed by atoms with Gasteiger partial charge in [0.05, 0.1) is 0 Å². The van der Waals surface area contributed by atoms with Crippen LogP contribution in [0.2, 0.25) is 0 Å². The van der Waals surface area contributed by atoms with Crippen LogP contribution in [0.3, 0.4) is 0 Å². The summed E-state index contributed by atoms with van der Waals surface area (Å²) in [5, 5.41) is 5.20. The summed E-state index contributed by atoms with van der Waals surface area (Å²) < 4.78 is 20.4. The Hall–Kier alpha value is 0.260. The minimum Gasteiger partial charge on any atom is -0.776 e. The highest BCUT2D eigenvalue weighted by molar-refractivity contribution is 7.71.